The number of halogens is 1. The second kappa shape index (κ2) is 4.84. The molecule has 0 aliphatic carbocycles. The van der Waals surface area contributed by atoms with Crippen LogP contribution in [-0.2, 0) is 6.42 Å². The number of nitrogens with two attached hydrogens (primary N) is 1. The number of carbonyl (C=O) groups excluding carboxylic acids is 1. The highest BCUT2D eigenvalue weighted by Crippen LogP contribution is 2.35. The van der Waals surface area contributed by atoms with Crippen molar-refractivity contribution in [1.82, 2.24) is 0 Å². The largest absolute Gasteiger partial charge is 0.397 e. The van der Waals surface area contributed by atoms with Crippen molar-refractivity contribution >= 4 is 28.9 Å². The molecule has 0 bridgehead atoms. The van der Waals surface area contributed by atoms with Crippen LogP contribution in [0.25, 0.3) is 0 Å². The Morgan fingerprint density at radius 2 is 2.00 bits per heavy atom. The molecular formula is C16H15ClN2O. The van der Waals surface area contributed by atoms with Gasteiger partial charge in [0.05, 0.1) is 11.4 Å². The number of amides is 1. The van der Waals surface area contributed by atoms with Crippen LogP contribution >= 0.6 is 11.6 Å². The number of benzene rings is 2. The van der Waals surface area contributed by atoms with E-state index >= 15 is 0 Å². The fourth-order valence-corrected chi connectivity index (χ4v) is 2.85. The SMILES string of the molecule is Cc1c(Cl)cccc1C(=O)N1CCc2cccc(N)c21. The van der Waals surface area contributed by atoms with Gasteiger partial charge >= 0.3 is 0 Å². The second-order valence-corrected chi connectivity index (χ2v) is 5.38. The van der Waals surface area contributed by atoms with E-state index < -0.39 is 0 Å². The van der Waals surface area contributed by atoms with E-state index in [9.17, 15) is 4.79 Å². The number of hydrogen-bond acceptors (Lipinski definition) is 2. The lowest BCUT2D eigenvalue weighted by Gasteiger charge is -2.20. The van der Waals surface area contributed by atoms with E-state index in [-0.39, 0.29) is 5.91 Å². The van der Waals surface area contributed by atoms with Crippen LogP contribution in [0, 0.1) is 6.92 Å². The van der Waals surface area contributed by atoms with Gasteiger partial charge < -0.3 is 10.6 Å². The number of anilines is 2. The lowest BCUT2D eigenvalue weighted by atomic mass is 10.1. The van der Waals surface area contributed by atoms with Gasteiger partial charge in [0, 0.05) is 17.1 Å². The maximum Gasteiger partial charge on any atom is 0.258 e. The summed E-state index contributed by atoms with van der Waals surface area (Å²) in [5.41, 5.74) is 10.1. The van der Waals surface area contributed by atoms with Crippen molar-refractivity contribution in [2.24, 2.45) is 0 Å². The van der Waals surface area contributed by atoms with Crippen molar-refractivity contribution in [3.05, 3.63) is 58.1 Å². The predicted octanol–water partition coefficient (Wildman–Crippen LogP) is 3.43. The van der Waals surface area contributed by atoms with Gasteiger partial charge in [-0.05, 0) is 42.7 Å². The minimum Gasteiger partial charge on any atom is -0.397 e. The first kappa shape index (κ1) is 13.0. The van der Waals surface area contributed by atoms with Crippen molar-refractivity contribution in [3.8, 4) is 0 Å². The molecule has 0 saturated carbocycles. The summed E-state index contributed by atoms with van der Waals surface area (Å²) in [5, 5.41) is 0.608. The molecule has 2 aromatic carbocycles. The molecule has 0 aromatic heterocycles. The van der Waals surface area contributed by atoms with Gasteiger partial charge in [0.1, 0.15) is 0 Å². The fourth-order valence-electron chi connectivity index (χ4n) is 2.67. The normalized spacial score (nSPS) is 13.4. The first-order chi connectivity index (χ1) is 9.59. The summed E-state index contributed by atoms with van der Waals surface area (Å²) in [7, 11) is 0. The Kier molecular flexibility index (Phi) is 3.14. The quantitative estimate of drug-likeness (QED) is 0.816. The molecule has 0 radical (unpaired) electrons. The first-order valence-corrected chi connectivity index (χ1v) is 6.91. The van der Waals surface area contributed by atoms with Crippen LogP contribution in [0.2, 0.25) is 5.02 Å². The molecule has 1 aliphatic heterocycles. The minimum atomic E-state index is -0.0401. The van der Waals surface area contributed by atoms with Crippen LogP contribution in [0.5, 0.6) is 0 Å². The van der Waals surface area contributed by atoms with Crippen molar-refractivity contribution in [2.45, 2.75) is 13.3 Å². The molecule has 2 N–H and O–H groups in total. The Hall–Kier alpha value is -2.00. The van der Waals surface area contributed by atoms with E-state index in [1.54, 1.807) is 23.1 Å². The third-order valence-corrected chi connectivity index (χ3v) is 4.18. The molecule has 102 valence electrons. The van der Waals surface area contributed by atoms with Crippen LogP contribution in [-0.4, -0.2) is 12.5 Å². The molecule has 0 saturated heterocycles. The summed E-state index contributed by atoms with van der Waals surface area (Å²) in [5.74, 6) is -0.0401. The van der Waals surface area contributed by atoms with E-state index in [2.05, 4.69) is 0 Å². The third kappa shape index (κ3) is 1.95. The van der Waals surface area contributed by atoms with Gasteiger partial charge in [-0.1, -0.05) is 29.8 Å². The van der Waals surface area contributed by atoms with Crippen molar-refractivity contribution in [3.63, 3.8) is 0 Å². The molecule has 4 heteroatoms. The predicted molar refractivity (Wildman–Crippen MR) is 82.4 cm³/mol. The molecule has 2 aromatic rings. The fraction of sp³-hybridized carbons (Fsp3) is 0.188. The van der Waals surface area contributed by atoms with E-state index in [1.165, 1.54) is 0 Å². The van der Waals surface area contributed by atoms with Gasteiger partial charge in [0.15, 0.2) is 0 Å². The van der Waals surface area contributed by atoms with Gasteiger partial charge in [-0.15, -0.1) is 0 Å². The van der Waals surface area contributed by atoms with E-state index in [1.807, 2.05) is 25.1 Å². The monoisotopic (exact) mass is 286 g/mol. The Morgan fingerprint density at radius 3 is 2.80 bits per heavy atom. The number of fused-ring (bicyclic) bond motifs is 1. The van der Waals surface area contributed by atoms with Crippen molar-refractivity contribution in [1.29, 1.82) is 0 Å². The van der Waals surface area contributed by atoms with E-state index in [0.717, 1.165) is 23.2 Å². The van der Waals surface area contributed by atoms with Gasteiger partial charge in [-0.25, -0.2) is 0 Å². The zero-order chi connectivity index (χ0) is 14.3. The van der Waals surface area contributed by atoms with Gasteiger partial charge in [0.25, 0.3) is 5.91 Å². The summed E-state index contributed by atoms with van der Waals surface area (Å²) in [6, 6.07) is 11.2. The van der Waals surface area contributed by atoms with Crippen molar-refractivity contribution < 1.29 is 4.79 Å². The topological polar surface area (TPSA) is 46.3 Å². The number of nitrogens with zero attached hydrogens (tertiary/aromatic N) is 1. The molecule has 1 aliphatic rings. The van der Waals surface area contributed by atoms with Crippen LogP contribution in [0.15, 0.2) is 36.4 Å². The van der Waals surface area contributed by atoms with Crippen LogP contribution < -0.4 is 10.6 Å². The molecule has 3 nitrogen and oxygen atoms in total. The summed E-state index contributed by atoms with van der Waals surface area (Å²) >= 11 is 6.10. The lowest BCUT2D eigenvalue weighted by molar-refractivity contribution is 0.0989. The average molecular weight is 287 g/mol. The van der Waals surface area contributed by atoms with Gasteiger partial charge in [-0.2, -0.15) is 0 Å². The van der Waals surface area contributed by atoms with Crippen molar-refractivity contribution in [2.75, 3.05) is 17.2 Å². The molecule has 0 spiro atoms. The number of carbonyl (C=O) groups is 1. The Bertz CT molecular complexity index is 697. The van der Waals surface area contributed by atoms with Gasteiger partial charge in [0.2, 0.25) is 0 Å². The lowest BCUT2D eigenvalue weighted by Crippen LogP contribution is -2.30. The highest BCUT2D eigenvalue weighted by atomic mass is 35.5. The maximum atomic E-state index is 12.7. The third-order valence-electron chi connectivity index (χ3n) is 3.77. The molecule has 0 unspecified atom stereocenters. The highest BCUT2D eigenvalue weighted by Gasteiger charge is 2.28. The zero-order valence-corrected chi connectivity index (χ0v) is 11.9. The Labute approximate surface area is 123 Å². The maximum absolute atomic E-state index is 12.7. The first-order valence-electron chi connectivity index (χ1n) is 6.54. The highest BCUT2D eigenvalue weighted by molar-refractivity contribution is 6.32. The van der Waals surface area contributed by atoms with E-state index in [4.69, 9.17) is 17.3 Å². The zero-order valence-electron chi connectivity index (χ0n) is 11.2. The molecular weight excluding hydrogens is 272 g/mol. The van der Waals surface area contributed by atoms with E-state index in [0.29, 0.717) is 22.8 Å². The standard InChI is InChI=1S/C16H15ClN2O/c1-10-12(5-3-6-13(10)17)16(20)19-9-8-11-4-2-7-14(18)15(11)19/h2-7H,8-9,18H2,1H3. The van der Waals surface area contributed by atoms with Crippen LogP contribution in [0.3, 0.4) is 0 Å². The molecule has 1 heterocycles. The summed E-state index contributed by atoms with van der Waals surface area (Å²) < 4.78 is 0. The van der Waals surface area contributed by atoms with Gasteiger partial charge in [-0.3, -0.25) is 4.79 Å². The number of hydrogen-bond donors (Lipinski definition) is 1. The molecule has 0 atom stereocenters. The van der Waals surface area contributed by atoms with Crippen LogP contribution in [0.4, 0.5) is 11.4 Å². The summed E-state index contributed by atoms with van der Waals surface area (Å²) in [6.45, 7) is 2.52. The minimum absolute atomic E-state index is 0.0401. The number of nitrogen functional groups attached to an aromatic ring is 1. The number of para-hydroxylation sites is 1. The smallest absolute Gasteiger partial charge is 0.258 e. The molecule has 3 rings (SSSR count). The average Bonchev–Trinajstić information content (AvgIpc) is 2.86. The second-order valence-electron chi connectivity index (χ2n) is 4.97. The Morgan fingerprint density at radius 1 is 1.25 bits per heavy atom. The molecule has 1 amide bonds. The summed E-state index contributed by atoms with van der Waals surface area (Å²) in [4.78, 5) is 14.5. The molecule has 0 fully saturated rings. The molecule has 20 heavy (non-hydrogen) atoms. The summed E-state index contributed by atoms with van der Waals surface area (Å²) in [6.07, 6.45) is 0.839. The number of rotatable bonds is 1. The Balaban J connectivity index is 2.04. The van der Waals surface area contributed by atoms with Crippen LogP contribution in [0.1, 0.15) is 21.5 Å².